The number of carboxylic acids is 1. The van der Waals surface area contributed by atoms with Crippen LogP contribution in [0.3, 0.4) is 0 Å². The smallest absolute Gasteiger partial charge is 0.387 e. The maximum atomic E-state index is 12.5. The van der Waals surface area contributed by atoms with Gasteiger partial charge in [0.25, 0.3) is 5.91 Å². The number of hydrogen-bond donors (Lipinski definition) is 2. The highest BCUT2D eigenvalue weighted by Crippen LogP contribution is 2.28. The number of halogens is 2. The van der Waals surface area contributed by atoms with Crippen LogP contribution in [0.25, 0.3) is 0 Å². The monoisotopic (exact) mass is 363 g/mol. The molecule has 138 valence electrons. The van der Waals surface area contributed by atoms with E-state index >= 15 is 0 Å². The Labute approximate surface area is 149 Å². The first-order valence-corrected chi connectivity index (χ1v) is 8.01. The van der Waals surface area contributed by atoms with Gasteiger partial charge in [0.1, 0.15) is 11.2 Å². The van der Waals surface area contributed by atoms with Gasteiger partial charge in [-0.3, -0.25) is 9.59 Å². The van der Waals surface area contributed by atoms with Gasteiger partial charge in [-0.25, -0.2) is 0 Å². The fraction of sp³-hybridized carbons (Fsp3) is 0.263. The average Bonchev–Trinajstić information content (AvgIpc) is 2.63. The zero-order valence-electron chi connectivity index (χ0n) is 14.1. The van der Waals surface area contributed by atoms with E-state index in [1.807, 2.05) is 0 Å². The topological polar surface area (TPSA) is 75.6 Å². The van der Waals surface area contributed by atoms with Gasteiger partial charge in [-0.2, -0.15) is 8.78 Å². The van der Waals surface area contributed by atoms with E-state index in [-0.39, 0.29) is 24.3 Å². The molecule has 1 unspecified atom stereocenters. The van der Waals surface area contributed by atoms with E-state index in [0.717, 1.165) is 0 Å². The van der Waals surface area contributed by atoms with Crippen molar-refractivity contribution in [2.24, 2.45) is 0 Å². The molecule has 26 heavy (non-hydrogen) atoms. The van der Waals surface area contributed by atoms with Crippen LogP contribution in [0.15, 0.2) is 54.6 Å². The third kappa shape index (κ3) is 4.17. The Morgan fingerprint density at radius 3 is 2.31 bits per heavy atom. The van der Waals surface area contributed by atoms with Crippen molar-refractivity contribution in [2.45, 2.75) is 25.4 Å². The number of carbonyl (C=O) groups is 2. The Kier molecular flexibility index (Phi) is 6.27. The largest absolute Gasteiger partial charge is 0.481 e. The zero-order chi connectivity index (χ0) is 19.2. The summed E-state index contributed by atoms with van der Waals surface area (Å²) in [5, 5.41) is 12.3. The van der Waals surface area contributed by atoms with Crippen LogP contribution in [0.5, 0.6) is 5.75 Å². The molecule has 0 saturated carbocycles. The minimum atomic E-state index is -3.07. The molecule has 2 N–H and O–H groups in total. The highest BCUT2D eigenvalue weighted by atomic mass is 19.3. The molecule has 0 saturated heterocycles. The summed E-state index contributed by atoms with van der Waals surface area (Å²) in [6, 6.07) is 14.1. The summed E-state index contributed by atoms with van der Waals surface area (Å²) in [6.07, 6.45) is 0.238. The molecule has 0 fully saturated rings. The molecule has 0 aromatic heterocycles. The summed E-state index contributed by atoms with van der Waals surface area (Å²) < 4.78 is 29.3. The van der Waals surface area contributed by atoms with Crippen molar-refractivity contribution in [1.82, 2.24) is 5.32 Å². The van der Waals surface area contributed by atoms with Gasteiger partial charge in [-0.05, 0) is 24.1 Å². The van der Waals surface area contributed by atoms with Crippen LogP contribution in [-0.4, -0.2) is 30.1 Å². The lowest BCUT2D eigenvalue weighted by Gasteiger charge is -2.29. The number of alkyl halides is 2. The second-order valence-electron chi connectivity index (χ2n) is 5.66. The summed E-state index contributed by atoms with van der Waals surface area (Å²) in [6.45, 7) is -1.55. The van der Waals surface area contributed by atoms with Crippen molar-refractivity contribution in [2.75, 3.05) is 6.54 Å². The number of hydrogen-bond acceptors (Lipinski definition) is 3. The Bertz CT molecular complexity index is 767. The van der Waals surface area contributed by atoms with E-state index < -0.39 is 23.9 Å². The number of benzene rings is 2. The SMILES string of the molecule is CCC(CNC(=O)c1ccccc1OC(F)F)(C(=O)O)c1ccccc1. The molecular weight excluding hydrogens is 344 g/mol. The zero-order valence-corrected chi connectivity index (χ0v) is 14.1. The van der Waals surface area contributed by atoms with Gasteiger partial charge >= 0.3 is 12.6 Å². The molecule has 2 rings (SSSR count). The average molecular weight is 363 g/mol. The van der Waals surface area contributed by atoms with Crippen molar-refractivity contribution in [3.8, 4) is 5.75 Å². The van der Waals surface area contributed by atoms with Gasteiger partial charge in [-0.15, -0.1) is 0 Å². The number of carbonyl (C=O) groups excluding carboxylic acids is 1. The van der Waals surface area contributed by atoms with E-state index in [4.69, 9.17) is 0 Å². The fourth-order valence-corrected chi connectivity index (χ4v) is 2.72. The number of para-hydroxylation sites is 1. The van der Waals surface area contributed by atoms with Crippen molar-refractivity contribution < 1.29 is 28.2 Å². The van der Waals surface area contributed by atoms with Gasteiger partial charge in [0, 0.05) is 6.54 Å². The Balaban J connectivity index is 2.25. The molecule has 1 atom stereocenters. The Hall–Kier alpha value is -2.96. The van der Waals surface area contributed by atoms with Gasteiger partial charge < -0.3 is 15.2 Å². The molecule has 0 radical (unpaired) electrons. The molecule has 0 aliphatic heterocycles. The summed E-state index contributed by atoms with van der Waals surface area (Å²) >= 11 is 0. The number of amides is 1. The number of carboxylic acid groups (broad SMARTS) is 1. The molecular formula is C19H19F2NO4. The van der Waals surface area contributed by atoms with Crippen LogP contribution in [0.2, 0.25) is 0 Å². The number of nitrogens with one attached hydrogen (secondary N) is 1. The quantitative estimate of drug-likeness (QED) is 0.753. The lowest BCUT2D eigenvalue weighted by Crippen LogP contribution is -2.46. The van der Waals surface area contributed by atoms with Gasteiger partial charge in [0.15, 0.2) is 0 Å². The molecule has 0 bridgehead atoms. The van der Waals surface area contributed by atoms with Crippen LogP contribution < -0.4 is 10.1 Å². The third-order valence-corrected chi connectivity index (χ3v) is 4.24. The molecule has 2 aromatic carbocycles. The molecule has 5 nitrogen and oxygen atoms in total. The van der Waals surface area contributed by atoms with Gasteiger partial charge in [-0.1, -0.05) is 49.4 Å². The van der Waals surface area contributed by atoms with Crippen molar-refractivity contribution in [3.63, 3.8) is 0 Å². The second-order valence-corrected chi connectivity index (χ2v) is 5.66. The standard InChI is InChI=1S/C19H19F2NO4/c1-2-19(17(24)25,13-8-4-3-5-9-13)12-22-16(23)14-10-6-7-11-15(14)26-18(20)21/h3-11,18H,2,12H2,1H3,(H,22,23)(H,24,25). The lowest BCUT2D eigenvalue weighted by molar-refractivity contribution is -0.143. The minimum absolute atomic E-state index is 0.0868. The van der Waals surface area contributed by atoms with Crippen LogP contribution >= 0.6 is 0 Å². The van der Waals surface area contributed by atoms with E-state index in [0.29, 0.717) is 5.56 Å². The molecule has 0 aliphatic rings. The highest BCUT2D eigenvalue weighted by Gasteiger charge is 2.39. The summed E-state index contributed by atoms with van der Waals surface area (Å²) in [5.74, 6) is -2.03. The molecule has 0 spiro atoms. The Morgan fingerprint density at radius 1 is 1.12 bits per heavy atom. The Morgan fingerprint density at radius 2 is 1.73 bits per heavy atom. The first-order valence-electron chi connectivity index (χ1n) is 8.01. The normalized spacial score (nSPS) is 13.1. The fourth-order valence-electron chi connectivity index (χ4n) is 2.72. The summed E-state index contributed by atoms with van der Waals surface area (Å²) in [4.78, 5) is 24.4. The summed E-state index contributed by atoms with van der Waals surface area (Å²) in [7, 11) is 0. The minimum Gasteiger partial charge on any atom is -0.481 e. The second kappa shape index (κ2) is 8.42. The predicted octanol–water partition coefficient (Wildman–Crippen LogP) is 3.45. The van der Waals surface area contributed by atoms with E-state index in [9.17, 15) is 23.5 Å². The van der Waals surface area contributed by atoms with E-state index in [1.165, 1.54) is 24.3 Å². The molecule has 0 heterocycles. The van der Waals surface area contributed by atoms with Crippen molar-refractivity contribution >= 4 is 11.9 Å². The maximum Gasteiger partial charge on any atom is 0.387 e. The first kappa shape index (κ1) is 19.4. The van der Waals surface area contributed by atoms with Gasteiger partial charge in [0.2, 0.25) is 0 Å². The van der Waals surface area contributed by atoms with E-state index in [2.05, 4.69) is 10.1 Å². The third-order valence-electron chi connectivity index (χ3n) is 4.24. The molecule has 2 aromatic rings. The molecule has 7 heteroatoms. The van der Waals surface area contributed by atoms with Crippen LogP contribution in [0.4, 0.5) is 8.78 Å². The molecule has 1 amide bonds. The predicted molar refractivity (Wildman–Crippen MR) is 91.5 cm³/mol. The van der Waals surface area contributed by atoms with Crippen LogP contribution in [-0.2, 0) is 10.2 Å². The number of ether oxygens (including phenoxy) is 1. The van der Waals surface area contributed by atoms with Crippen LogP contribution in [0.1, 0.15) is 29.3 Å². The van der Waals surface area contributed by atoms with E-state index in [1.54, 1.807) is 37.3 Å². The van der Waals surface area contributed by atoms with Crippen LogP contribution in [0, 0.1) is 0 Å². The molecule has 0 aliphatic carbocycles. The number of aliphatic carboxylic acids is 1. The first-order chi connectivity index (χ1) is 12.4. The number of rotatable bonds is 8. The van der Waals surface area contributed by atoms with Gasteiger partial charge in [0.05, 0.1) is 5.56 Å². The maximum absolute atomic E-state index is 12.5. The lowest BCUT2D eigenvalue weighted by atomic mass is 9.78. The van der Waals surface area contributed by atoms with Crippen molar-refractivity contribution in [1.29, 1.82) is 0 Å². The summed E-state index contributed by atoms with van der Waals surface area (Å²) in [5.41, 5.74) is -0.862. The highest BCUT2D eigenvalue weighted by molar-refractivity contribution is 5.97. The van der Waals surface area contributed by atoms with Crippen molar-refractivity contribution in [3.05, 3.63) is 65.7 Å².